The van der Waals surface area contributed by atoms with Crippen LogP contribution in [0.4, 0.5) is 0 Å². The molecule has 4 nitrogen and oxygen atoms in total. The van der Waals surface area contributed by atoms with Crippen LogP contribution in [0.1, 0.15) is 11.1 Å². The van der Waals surface area contributed by atoms with E-state index in [1.54, 1.807) is 0 Å². The van der Waals surface area contributed by atoms with Crippen LogP contribution in [0.25, 0.3) is 77.1 Å². The lowest BCUT2D eigenvalue weighted by Crippen LogP contribution is -1.98. The third kappa shape index (κ3) is 4.79. The molecular formula is C43H29N4-. The van der Waals surface area contributed by atoms with Gasteiger partial charge in [0, 0.05) is 46.0 Å². The molecular weight excluding hydrogens is 573 g/mol. The van der Waals surface area contributed by atoms with E-state index in [4.69, 9.17) is 5.32 Å². The lowest BCUT2D eigenvalue weighted by Gasteiger charge is -2.26. The second-order valence-corrected chi connectivity index (χ2v) is 11.9. The van der Waals surface area contributed by atoms with Crippen molar-refractivity contribution in [3.05, 3.63) is 181 Å². The maximum absolute atomic E-state index is 4.73. The van der Waals surface area contributed by atoms with Gasteiger partial charge in [-0.1, -0.05) is 90.5 Å². The molecule has 0 N–H and O–H groups in total. The van der Waals surface area contributed by atoms with Crippen LogP contribution < -0.4 is 0 Å². The summed E-state index contributed by atoms with van der Waals surface area (Å²) >= 11 is 0. The second-order valence-electron chi connectivity index (χ2n) is 11.9. The highest BCUT2D eigenvalue weighted by molar-refractivity contribution is 6.19. The standard InChI is InChI=1S/C43H29N4/c1-2-9-37(10-3-1)47-42-26-32(36-25-35(27-45-28-36)29-18-21-44-22-19-29)13-16-39(42)40-17-14-33-23-31(12-15-38(33)43(40)47)30-7-6-8-34(24-30)41-11-4-5-20-46-41/h1-27H,28H2/q-1. The molecule has 0 bridgehead atoms. The third-order valence-corrected chi connectivity index (χ3v) is 9.12. The van der Waals surface area contributed by atoms with Crippen LogP contribution in [0.15, 0.2) is 164 Å². The molecule has 0 saturated carbocycles. The number of fused-ring (bicyclic) bond motifs is 5. The maximum atomic E-state index is 4.73. The van der Waals surface area contributed by atoms with Crippen LogP contribution in [-0.2, 0) is 0 Å². The van der Waals surface area contributed by atoms with E-state index in [1.165, 1.54) is 54.8 Å². The first-order valence-electron chi connectivity index (χ1n) is 15.9. The summed E-state index contributed by atoms with van der Waals surface area (Å²) in [7, 11) is 0. The zero-order valence-corrected chi connectivity index (χ0v) is 25.6. The van der Waals surface area contributed by atoms with Crippen molar-refractivity contribution in [2.45, 2.75) is 0 Å². The summed E-state index contributed by atoms with van der Waals surface area (Å²) in [5, 5.41) is 9.64. The average molecular weight is 602 g/mol. The Balaban J connectivity index is 1.21. The Morgan fingerprint density at radius 3 is 2.21 bits per heavy atom. The number of hydrogen-bond acceptors (Lipinski definition) is 2. The summed E-state index contributed by atoms with van der Waals surface area (Å²) in [5.41, 5.74) is 12.6. The van der Waals surface area contributed by atoms with E-state index in [9.17, 15) is 0 Å². The average Bonchev–Trinajstić information content (AvgIpc) is 3.50. The zero-order chi connectivity index (χ0) is 31.2. The molecule has 222 valence electrons. The summed E-state index contributed by atoms with van der Waals surface area (Å²) in [6.07, 6.45) is 9.73. The van der Waals surface area contributed by atoms with Crippen LogP contribution >= 0.6 is 0 Å². The summed E-state index contributed by atoms with van der Waals surface area (Å²) in [6, 6.07) is 47.7. The summed E-state index contributed by atoms with van der Waals surface area (Å²) in [6.45, 7) is 0.652. The van der Waals surface area contributed by atoms with Crippen molar-refractivity contribution in [2.24, 2.45) is 0 Å². The van der Waals surface area contributed by atoms with Crippen molar-refractivity contribution in [3.8, 4) is 28.1 Å². The van der Waals surface area contributed by atoms with Crippen molar-refractivity contribution >= 4 is 43.7 Å². The number of allylic oxidation sites excluding steroid dienone is 2. The number of para-hydroxylation sites is 1. The Hall–Kier alpha value is -6.26. The minimum Gasteiger partial charge on any atom is -0.686 e. The highest BCUT2D eigenvalue weighted by Gasteiger charge is 2.17. The topological polar surface area (TPSA) is 44.8 Å². The maximum Gasteiger partial charge on any atom is 0.0702 e. The minimum atomic E-state index is 0.652. The highest BCUT2D eigenvalue weighted by atomic mass is 15.0. The number of pyridine rings is 2. The molecule has 47 heavy (non-hydrogen) atoms. The predicted molar refractivity (Wildman–Crippen MR) is 195 cm³/mol. The molecule has 0 spiro atoms. The van der Waals surface area contributed by atoms with E-state index in [0.717, 1.165) is 28.1 Å². The molecule has 0 amide bonds. The molecule has 4 heteroatoms. The molecule has 9 rings (SSSR count). The Morgan fingerprint density at radius 2 is 1.34 bits per heavy atom. The van der Waals surface area contributed by atoms with E-state index in [1.807, 2.05) is 49.1 Å². The van der Waals surface area contributed by atoms with Crippen molar-refractivity contribution in [2.75, 3.05) is 6.54 Å². The molecule has 0 unspecified atom stereocenters. The van der Waals surface area contributed by atoms with E-state index in [0.29, 0.717) is 6.54 Å². The molecule has 5 aromatic carbocycles. The Bertz CT molecular complexity index is 2490. The van der Waals surface area contributed by atoms with Gasteiger partial charge in [-0.15, -0.1) is 6.54 Å². The van der Waals surface area contributed by atoms with Crippen molar-refractivity contribution < 1.29 is 0 Å². The number of hydrogen-bond donors (Lipinski definition) is 0. The predicted octanol–water partition coefficient (Wildman–Crippen LogP) is 10.9. The third-order valence-electron chi connectivity index (χ3n) is 9.12. The van der Waals surface area contributed by atoms with Gasteiger partial charge in [0.05, 0.1) is 16.7 Å². The normalized spacial score (nSPS) is 13.0. The van der Waals surface area contributed by atoms with Crippen LogP contribution in [0.5, 0.6) is 0 Å². The number of aromatic nitrogens is 3. The number of nitrogens with zero attached hydrogens (tertiary/aromatic N) is 4. The lowest BCUT2D eigenvalue weighted by molar-refractivity contribution is 1.18. The van der Waals surface area contributed by atoms with Crippen LogP contribution in [0.3, 0.4) is 0 Å². The molecule has 4 heterocycles. The van der Waals surface area contributed by atoms with Gasteiger partial charge < -0.3 is 9.88 Å². The van der Waals surface area contributed by atoms with Gasteiger partial charge >= 0.3 is 0 Å². The molecule has 0 aliphatic carbocycles. The van der Waals surface area contributed by atoms with Crippen LogP contribution in [-0.4, -0.2) is 21.1 Å². The summed E-state index contributed by atoms with van der Waals surface area (Å²) in [5.74, 6) is 0. The second kappa shape index (κ2) is 11.3. The van der Waals surface area contributed by atoms with E-state index in [-0.39, 0.29) is 0 Å². The molecule has 0 atom stereocenters. The van der Waals surface area contributed by atoms with Gasteiger partial charge in [0.1, 0.15) is 0 Å². The summed E-state index contributed by atoms with van der Waals surface area (Å²) < 4.78 is 2.43. The summed E-state index contributed by atoms with van der Waals surface area (Å²) in [4.78, 5) is 8.75. The first-order chi connectivity index (χ1) is 23.3. The van der Waals surface area contributed by atoms with Crippen molar-refractivity contribution in [1.29, 1.82) is 0 Å². The quantitative estimate of drug-likeness (QED) is 0.197. The molecule has 0 saturated heterocycles. The fourth-order valence-corrected chi connectivity index (χ4v) is 6.84. The van der Waals surface area contributed by atoms with E-state index in [2.05, 4.69) is 130 Å². The number of rotatable bonds is 5. The smallest absolute Gasteiger partial charge is 0.0702 e. The largest absolute Gasteiger partial charge is 0.686 e. The van der Waals surface area contributed by atoms with Crippen molar-refractivity contribution in [3.63, 3.8) is 0 Å². The fraction of sp³-hybridized carbons (Fsp3) is 0.0233. The van der Waals surface area contributed by atoms with Gasteiger partial charge in [0.25, 0.3) is 0 Å². The van der Waals surface area contributed by atoms with Crippen LogP contribution in [0.2, 0.25) is 0 Å². The molecule has 0 radical (unpaired) electrons. The first-order valence-corrected chi connectivity index (χ1v) is 15.9. The van der Waals surface area contributed by atoms with Gasteiger partial charge in [-0.3, -0.25) is 9.97 Å². The molecule has 3 aromatic heterocycles. The van der Waals surface area contributed by atoms with Gasteiger partial charge in [0.2, 0.25) is 0 Å². The molecule has 1 aliphatic heterocycles. The Morgan fingerprint density at radius 1 is 0.553 bits per heavy atom. The van der Waals surface area contributed by atoms with Gasteiger partial charge in [0.15, 0.2) is 0 Å². The number of benzene rings is 5. The van der Waals surface area contributed by atoms with Gasteiger partial charge in [-0.25, -0.2) is 0 Å². The minimum absolute atomic E-state index is 0.652. The fourth-order valence-electron chi connectivity index (χ4n) is 6.84. The van der Waals surface area contributed by atoms with Gasteiger partial charge in [-0.05, 0) is 87.8 Å². The highest BCUT2D eigenvalue weighted by Crippen LogP contribution is 2.40. The van der Waals surface area contributed by atoms with Gasteiger partial charge in [-0.2, -0.15) is 6.20 Å². The Kier molecular flexibility index (Phi) is 6.50. The van der Waals surface area contributed by atoms with E-state index < -0.39 is 0 Å². The molecule has 0 fully saturated rings. The lowest BCUT2D eigenvalue weighted by atomic mass is 9.96. The molecule has 1 aliphatic rings. The first kappa shape index (κ1) is 27.1. The monoisotopic (exact) mass is 601 g/mol. The Labute approximate surface area is 273 Å². The van der Waals surface area contributed by atoms with Crippen LogP contribution in [0, 0.1) is 0 Å². The van der Waals surface area contributed by atoms with Crippen molar-refractivity contribution in [1.82, 2.24) is 14.5 Å². The zero-order valence-electron chi connectivity index (χ0n) is 25.6. The SMILES string of the molecule is C1=C(c2ccncc2)C=C(c2ccc3c4ccc5cc(-c6cccc(-c7ccccn7)c6)ccc5c4n(-c4ccccc4)c3c2)C[N-]1. The van der Waals surface area contributed by atoms with E-state index >= 15 is 0 Å². The molecule has 8 aromatic rings.